The molecule has 1 saturated carbocycles. The van der Waals surface area contributed by atoms with Gasteiger partial charge in [0, 0.05) is 24.0 Å². The van der Waals surface area contributed by atoms with E-state index in [2.05, 4.69) is 19.2 Å². The Morgan fingerprint density at radius 2 is 1.40 bits per heavy atom. The van der Waals surface area contributed by atoms with E-state index in [9.17, 15) is 18.0 Å². The van der Waals surface area contributed by atoms with Crippen molar-refractivity contribution >= 4 is 39.1 Å². The lowest BCUT2D eigenvalue weighted by Gasteiger charge is -2.34. The van der Waals surface area contributed by atoms with Crippen molar-refractivity contribution in [1.29, 1.82) is 0 Å². The van der Waals surface area contributed by atoms with Gasteiger partial charge in [-0.25, -0.2) is 8.42 Å². The summed E-state index contributed by atoms with van der Waals surface area (Å²) < 4.78 is 29.5. The number of nitrogens with one attached hydrogen (secondary N) is 1. The van der Waals surface area contributed by atoms with Gasteiger partial charge in [0.25, 0.3) is 10.0 Å². The minimum Gasteiger partial charge on any atom is -0.352 e. The van der Waals surface area contributed by atoms with Crippen LogP contribution in [0.2, 0.25) is 5.02 Å². The van der Waals surface area contributed by atoms with Crippen molar-refractivity contribution in [3.05, 3.63) is 131 Å². The average molecular weight is 672 g/mol. The fourth-order valence-electron chi connectivity index (χ4n) is 5.98. The van der Waals surface area contributed by atoms with Gasteiger partial charge in [-0.05, 0) is 71.8 Å². The Morgan fingerprint density at radius 1 is 0.809 bits per heavy atom. The number of amides is 2. The molecule has 0 saturated heterocycles. The summed E-state index contributed by atoms with van der Waals surface area (Å²) >= 11 is 6.18. The highest BCUT2D eigenvalue weighted by Gasteiger charge is 2.35. The maximum absolute atomic E-state index is 14.6. The standard InChI is InChI=1S/C38H42ClN3O4S/c1-28(2)31-19-23-34(24-20-31)42(47(45,46)35-15-7-4-8-16-35)27-37(43)41(26-30-17-21-32(39)22-18-30)36(25-29-11-5-3-6-12-29)38(44)40-33-13-9-10-14-33/h3-8,11-12,15-24,28,33,36H,9-10,13-14,25-27H2,1-2H3,(H,40,44)/t36-/m1/s1. The van der Waals surface area contributed by atoms with Crippen molar-refractivity contribution in [2.45, 2.75) is 75.4 Å². The third-order valence-electron chi connectivity index (χ3n) is 8.70. The number of anilines is 1. The van der Waals surface area contributed by atoms with E-state index in [1.54, 1.807) is 42.5 Å². The zero-order valence-corrected chi connectivity index (χ0v) is 28.5. The highest BCUT2D eigenvalue weighted by molar-refractivity contribution is 7.92. The molecule has 1 N–H and O–H groups in total. The minimum atomic E-state index is -4.15. The molecule has 1 aliphatic rings. The second kappa shape index (κ2) is 15.6. The summed E-state index contributed by atoms with van der Waals surface area (Å²) in [6, 6.07) is 31.2. The van der Waals surface area contributed by atoms with Crippen LogP contribution in [0.5, 0.6) is 0 Å². The molecule has 2 amide bonds. The lowest BCUT2D eigenvalue weighted by molar-refractivity contribution is -0.140. The topological polar surface area (TPSA) is 86.8 Å². The monoisotopic (exact) mass is 671 g/mol. The van der Waals surface area contributed by atoms with E-state index in [4.69, 9.17) is 11.6 Å². The maximum atomic E-state index is 14.6. The largest absolute Gasteiger partial charge is 0.352 e. The van der Waals surface area contributed by atoms with Gasteiger partial charge >= 0.3 is 0 Å². The summed E-state index contributed by atoms with van der Waals surface area (Å²) in [4.78, 5) is 30.3. The Bertz CT molecular complexity index is 1730. The first kappa shape index (κ1) is 34.2. The van der Waals surface area contributed by atoms with Crippen molar-refractivity contribution in [2.24, 2.45) is 0 Å². The van der Waals surface area contributed by atoms with E-state index >= 15 is 0 Å². The molecule has 1 fully saturated rings. The van der Waals surface area contributed by atoms with Crippen molar-refractivity contribution in [1.82, 2.24) is 10.2 Å². The molecule has 0 spiro atoms. The van der Waals surface area contributed by atoms with Gasteiger partial charge in [-0.15, -0.1) is 0 Å². The normalized spacial score (nSPS) is 14.1. The van der Waals surface area contributed by atoms with Crippen LogP contribution in [-0.2, 0) is 32.6 Å². The molecule has 0 unspecified atom stereocenters. The Morgan fingerprint density at radius 3 is 2.00 bits per heavy atom. The van der Waals surface area contributed by atoms with Crippen LogP contribution < -0.4 is 9.62 Å². The molecule has 4 aromatic carbocycles. The average Bonchev–Trinajstić information content (AvgIpc) is 3.60. The molecule has 0 aromatic heterocycles. The maximum Gasteiger partial charge on any atom is 0.264 e. The molecule has 0 radical (unpaired) electrons. The molecule has 246 valence electrons. The van der Waals surface area contributed by atoms with E-state index < -0.39 is 28.5 Å². The van der Waals surface area contributed by atoms with Crippen LogP contribution in [0.25, 0.3) is 0 Å². The highest BCUT2D eigenvalue weighted by atomic mass is 35.5. The van der Waals surface area contributed by atoms with Crippen molar-refractivity contribution in [3.8, 4) is 0 Å². The molecule has 9 heteroatoms. The molecule has 0 heterocycles. The van der Waals surface area contributed by atoms with Gasteiger partial charge in [0.05, 0.1) is 10.6 Å². The Balaban J connectivity index is 1.56. The van der Waals surface area contributed by atoms with Gasteiger partial charge in [-0.3, -0.25) is 13.9 Å². The van der Waals surface area contributed by atoms with E-state index in [0.717, 1.165) is 46.7 Å². The second-order valence-electron chi connectivity index (χ2n) is 12.4. The SMILES string of the molecule is CC(C)c1ccc(N(CC(=O)N(Cc2ccc(Cl)cc2)[C@H](Cc2ccccc2)C(=O)NC2CCCC2)S(=O)(=O)c2ccccc2)cc1. The second-order valence-corrected chi connectivity index (χ2v) is 14.7. The summed E-state index contributed by atoms with van der Waals surface area (Å²) in [6.45, 7) is 3.73. The molecule has 47 heavy (non-hydrogen) atoms. The number of rotatable bonds is 13. The number of halogens is 1. The Kier molecular flexibility index (Phi) is 11.4. The van der Waals surface area contributed by atoms with Crippen molar-refractivity contribution < 1.29 is 18.0 Å². The smallest absolute Gasteiger partial charge is 0.264 e. The molecule has 4 aromatic rings. The Hall–Kier alpha value is -4.14. The molecule has 5 rings (SSSR count). The summed E-state index contributed by atoms with van der Waals surface area (Å²) in [5, 5.41) is 3.75. The number of carbonyl (C=O) groups excluding carboxylic acids is 2. The molecule has 1 aliphatic carbocycles. The molecular formula is C38H42ClN3O4S. The highest BCUT2D eigenvalue weighted by Crippen LogP contribution is 2.27. The van der Waals surface area contributed by atoms with Crippen LogP contribution in [0, 0.1) is 0 Å². The predicted molar refractivity (Wildman–Crippen MR) is 188 cm³/mol. The van der Waals surface area contributed by atoms with E-state index in [1.165, 1.54) is 17.0 Å². The summed E-state index contributed by atoms with van der Waals surface area (Å²) in [5.41, 5.74) is 3.08. The summed E-state index contributed by atoms with van der Waals surface area (Å²) in [7, 11) is -4.15. The van der Waals surface area contributed by atoms with E-state index in [-0.39, 0.29) is 35.7 Å². The number of hydrogen-bond donors (Lipinski definition) is 1. The minimum absolute atomic E-state index is 0.0442. The summed E-state index contributed by atoms with van der Waals surface area (Å²) in [5.74, 6) is -0.492. The van der Waals surface area contributed by atoms with Crippen LogP contribution >= 0.6 is 11.6 Å². The first-order chi connectivity index (χ1) is 22.6. The first-order valence-electron chi connectivity index (χ1n) is 16.2. The molecule has 0 bridgehead atoms. The van der Waals surface area contributed by atoms with Crippen LogP contribution in [-0.4, -0.2) is 43.8 Å². The molecular weight excluding hydrogens is 630 g/mol. The van der Waals surface area contributed by atoms with E-state index in [0.29, 0.717) is 10.7 Å². The third kappa shape index (κ3) is 8.82. The van der Waals surface area contributed by atoms with Crippen molar-refractivity contribution in [3.63, 3.8) is 0 Å². The van der Waals surface area contributed by atoms with Crippen molar-refractivity contribution in [2.75, 3.05) is 10.8 Å². The van der Waals surface area contributed by atoms with Crippen LogP contribution in [0.4, 0.5) is 5.69 Å². The molecule has 0 aliphatic heterocycles. The molecule has 1 atom stereocenters. The lowest BCUT2D eigenvalue weighted by Crippen LogP contribution is -2.54. The first-order valence-corrected chi connectivity index (χ1v) is 18.0. The van der Waals surface area contributed by atoms with Gasteiger partial charge in [-0.2, -0.15) is 0 Å². The quantitative estimate of drug-likeness (QED) is 0.161. The lowest BCUT2D eigenvalue weighted by atomic mass is 10.0. The van der Waals surface area contributed by atoms with Gasteiger partial charge < -0.3 is 10.2 Å². The predicted octanol–water partition coefficient (Wildman–Crippen LogP) is 7.36. The number of nitrogens with zero attached hydrogens (tertiary/aromatic N) is 2. The van der Waals surface area contributed by atoms with Gasteiger partial charge in [0.1, 0.15) is 12.6 Å². The van der Waals surface area contributed by atoms with Crippen LogP contribution in [0.15, 0.2) is 114 Å². The molecule has 7 nitrogen and oxygen atoms in total. The summed E-state index contributed by atoms with van der Waals surface area (Å²) in [6.07, 6.45) is 4.15. The van der Waals surface area contributed by atoms with Gasteiger partial charge in [0.15, 0.2) is 0 Å². The Labute approximate surface area is 283 Å². The fourth-order valence-corrected chi connectivity index (χ4v) is 7.54. The van der Waals surface area contributed by atoms with Gasteiger partial charge in [0.2, 0.25) is 11.8 Å². The van der Waals surface area contributed by atoms with Crippen LogP contribution in [0.1, 0.15) is 62.1 Å². The number of hydrogen-bond acceptors (Lipinski definition) is 4. The third-order valence-corrected chi connectivity index (χ3v) is 10.7. The zero-order chi connectivity index (χ0) is 33.4. The number of carbonyl (C=O) groups is 2. The van der Waals surface area contributed by atoms with E-state index in [1.807, 2.05) is 54.6 Å². The van der Waals surface area contributed by atoms with Gasteiger partial charge in [-0.1, -0.05) is 111 Å². The zero-order valence-electron chi connectivity index (χ0n) is 26.9. The number of sulfonamides is 1. The number of benzene rings is 4. The fraction of sp³-hybridized carbons (Fsp3) is 0.316. The van der Waals surface area contributed by atoms with Crippen LogP contribution in [0.3, 0.4) is 0 Å².